The molecule has 1 N–H and O–H groups in total. The smallest absolute Gasteiger partial charge is 0.274 e. The van der Waals surface area contributed by atoms with E-state index in [0.29, 0.717) is 42.6 Å². The van der Waals surface area contributed by atoms with E-state index in [-0.39, 0.29) is 17.9 Å². The zero-order valence-electron chi connectivity index (χ0n) is 14.7. The molecule has 4 heterocycles. The molecule has 3 aromatic rings. The second kappa shape index (κ2) is 7.02. The van der Waals surface area contributed by atoms with Gasteiger partial charge in [0.05, 0.1) is 25.0 Å². The van der Waals surface area contributed by atoms with E-state index < -0.39 is 0 Å². The summed E-state index contributed by atoms with van der Waals surface area (Å²) in [5.74, 6) is 0.851. The van der Waals surface area contributed by atoms with Gasteiger partial charge in [-0.2, -0.15) is 0 Å². The highest BCUT2D eigenvalue weighted by Gasteiger charge is 2.31. The minimum absolute atomic E-state index is 0.200. The van der Waals surface area contributed by atoms with Gasteiger partial charge in [-0.25, -0.2) is 9.97 Å². The van der Waals surface area contributed by atoms with Crippen LogP contribution in [0.1, 0.15) is 45.5 Å². The average Bonchev–Trinajstić information content (AvgIpc) is 3.37. The third-order valence-electron chi connectivity index (χ3n) is 4.51. The summed E-state index contributed by atoms with van der Waals surface area (Å²) >= 11 is 0. The van der Waals surface area contributed by atoms with Crippen LogP contribution in [0.3, 0.4) is 0 Å². The molecule has 9 nitrogen and oxygen atoms in total. The maximum absolute atomic E-state index is 12.7. The van der Waals surface area contributed by atoms with E-state index in [4.69, 9.17) is 4.42 Å². The van der Waals surface area contributed by atoms with Gasteiger partial charge in [-0.3, -0.25) is 14.6 Å². The number of hydrogen-bond acceptors (Lipinski definition) is 6. The van der Waals surface area contributed by atoms with Gasteiger partial charge in [0.15, 0.2) is 0 Å². The first-order valence-corrected chi connectivity index (χ1v) is 8.58. The second-order valence-electron chi connectivity index (χ2n) is 6.20. The lowest BCUT2D eigenvalue weighted by Gasteiger charge is -2.33. The molecule has 0 spiro atoms. The van der Waals surface area contributed by atoms with Crippen LogP contribution in [-0.4, -0.2) is 42.8 Å². The van der Waals surface area contributed by atoms with E-state index in [1.165, 1.54) is 18.6 Å². The first-order valence-electron chi connectivity index (χ1n) is 8.58. The second-order valence-corrected chi connectivity index (χ2v) is 6.20. The first kappa shape index (κ1) is 17.0. The van der Waals surface area contributed by atoms with Gasteiger partial charge in [0, 0.05) is 31.7 Å². The van der Waals surface area contributed by atoms with Crippen molar-refractivity contribution in [3.05, 3.63) is 66.2 Å². The predicted molar refractivity (Wildman–Crippen MR) is 93.6 cm³/mol. The Morgan fingerprint density at radius 1 is 1.30 bits per heavy atom. The fourth-order valence-corrected chi connectivity index (χ4v) is 3.11. The van der Waals surface area contributed by atoms with Gasteiger partial charge in [0.25, 0.3) is 11.8 Å². The molecule has 0 fully saturated rings. The summed E-state index contributed by atoms with van der Waals surface area (Å²) in [6.45, 7) is 3.25. The largest absolute Gasteiger partial charge is 0.467 e. The molecule has 1 atom stereocenters. The number of carbonyl (C=O) groups is 2. The van der Waals surface area contributed by atoms with Crippen LogP contribution in [0.2, 0.25) is 0 Å². The summed E-state index contributed by atoms with van der Waals surface area (Å²) in [6.07, 6.45) is 7.74. The lowest BCUT2D eigenvalue weighted by molar-refractivity contribution is 0.0631. The number of hydrogen-bond donors (Lipinski definition) is 1. The SMILES string of the molecule is CC1c2nc(C(=O)NCc3ccco3)cn2CCN1C(=O)c1cnccn1. The zero-order valence-corrected chi connectivity index (χ0v) is 14.7. The lowest BCUT2D eigenvalue weighted by atomic mass is 10.2. The number of nitrogens with one attached hydrogen (secondary N) is 1. The minimum atomic E-state index is -0.285. The normalized spacial score (nSPS) is 16.0. The summed E-state index contributed by atoms with van der Waals surface area (Å²) in [7, 11) is 0. The Kier molecular flexibility index (Phi) is 4.41. The van der Waals surface area contributed by atoms with Crippen molar-refractivity contribution in [2.75, 3.05) is 6.54 Å². The van der Waals surface area contributed by atoms with Crippen LogP contribution in [0.25, 0.3) is 0 Å². The van der Waals surface area contributed by atoms with Gasteiger partial charge in [0.2, 0.25) is 0 Å². The quantitative estimate of drug-likeness (QED) is 0.748. The van der Waals surface area contributed by atoms with Gasteiger partial charge < -0.3 is 19.2 Å². The molecule has 0 saturated heterocycles. The Hall–Kier alpha value is -3.49. The summed E-state index contributed by atoms with van der Waals surface area (Å²) in [6, 6.07) is 3.28. The molecule has 4 rings (SSSR count). The molecule has 1 unspecified atom stereocenters. The molecule has 1 aliphatic heterocycles. The third kappa shape index (κ3) is 3.31. The van der Waals surface area contributed by atoms with Crippen LogP contribution in [0.15, 0.2) is 47.6 Å². The van der Waals surface area contributed by atoms with Crippen LogP contribution < -0.4 is 5.32 Å². The highest BCUT2D eigenvalue weighted by atomic mass is 16.3. The molecule has 0 aliphatic carbocycles. The molecule has 9 heteroatoms. The zero-order chi connectivity index (χ0) is 18.8. The predicted octanol–water partition coefficient (Wildman–Crippen LogP) is 1.41. The van der Waals surface area contributed by atoms with E-state index in [1.807, 2.05) is 11.5 Å². The van der Waals surface area contributed by atoms with E-state index in [9.17, 15) is 9.59 Å². The summed E-state index contributed by atoms with van der Waals surface area (Å²) < 4.78 is 7.11. The molecule has 2 amide bonds. The molecule has 138 valence electrons. The van der Waals surface area contributed by atoms with Crippen LogP contribution in [0.5, 0.6) is 0 Å². The molecular weight excluding hydrogens is 348 g/mol. The monoisotopic (exact) mass is 366 g/mol. The van der Waals surface area contributed by atoms with Crippen molar-refractivity contribution in [1.29, 1.82) is 0 Å². The summed E-state index contributed by atoms with van der Waals surface area (Å²) in [4.78, 5) is 39.2. The molecular formula is C18H18N6O3. The fraction of sp³-hybridized carbons (Fsp3) is 0.278. The number of amides is 2. The molecule has 1 aliphatic rings. The number of nitrogens with zero attached hydrogens (tertiary/aromatic N) is 5. The highest BCUT2D eigenvalue weighted by molar-refractivity contribution is 5.93. The maximum Gasteiger partial charge on any atom is 0.274 e. The minimum Gasteiger partial charge on any atom is -0.467 e. The van der Waals surface area contributed by atoms with Gasteiger partial charge >= 0.3 is 0 Å². The molecule has 0 bridgehead atoms. The van der Waals surface area contributed by atoms with Gasteiger partial charge in [-0.05, 0) is 19.1 Å². The van der Waals surface area contributed by atoms with Crippen molar-refractivity contribution in [3.63, 3.8) is 0 Å². The number of aromatic nitrogens is 4. The fourth-order valence-electron chi connectivity index (χ4n) is 3.11. The maximum atomic E-state index is 12.7. The standard InChI is InChI=1S/C18H18N6O3/c1-12-16-22-15(17(25)21-9-13-3-2-8-27-13)11-23(16)6-7-24(12)18(26)14-10-19-4-5-20-14/h2-5,8,10-12H,6-7,9H2,1H3,(H,21,25). The Balaban J connectivity index is 1.49. The van der Waals surface area contributed by atoms with Gasteiger partial charge in [-0.1, -0.05) is 0 Å². The van der Waals surface area contributed by atoms with Gasteiger partial charge in [0.1, 0.15) is 23.0 Å². The Labute approximate surface area is 155 Å². The van der Waals surface area contributed by atoms with E-state index in [2.05, 4.69) is 20.3 Å². The number of rotatable bonds is 4. The van der Waals surface area contributed by atoms with E-state index in [1.54, 1.807) is 29.5 Å². The Morgan fingerprint density at radius 3 is 2.93 bits per heavy atom. The number of imidazole rings is 1. The van der Waals surface area contributed by atoms with Crippen molar-refractivity contribution in [2.45, 2.75) is 26.1 Å². The first-order chi connectivity index (χ1) is 13.1. The highest BCUT2D eigenvalue weighted by Crippen LogP contribution is 2.25. The Bertz CT molecular complexity index is 951. The molecule has 0 aromatic carbocycles. The average molecular weight is 366 g/mol. The topological polar surface area (TPSA) is 106 Å². The molecule has 27 heavy (non-hydrogen) atoms. The Morgan fingerprint density at radius 2 is 2.19 bits per heavy atom. The molecule has 3 aromatic heterocycles. The van der Waals surface area contributed by atoms with Crippen LogP contribution in [0, 0.1) is 0 Å². The van der Waals surface area contributed by atoms with Crippen molar-refractivity contribution in [2.24, 2.45) is 0 Å². The number of carbonyl (C=O) groups excluding carboxylic acids is 2. The number of furan rings is 1. The third-order valence-corrected chi connectivity index (χ3v) is 4.51. The van der Waals surface area contributed by atoms with Crippen LogP contribution >= 0.6 is 0 Å². The number of fused-ring (bicyclic) bond motifs is 1. The molecule has 0 radical (unpaired) electrons. The van der Waals surface area contributed by atoms with E-state index >= 15 is 0 Å². The van der Waals surface area contributed by atoms with Crippen LogP contribution in [-0.2, 0) is 13.1 Å². The van der Waals surface area contributed by atoms with Crippen LogP contribution in [0.4, 0.5) is 0 Å². The van der Waals surface area contributed by atoms with Crippen molar-refractivity contribution < 1.29 is 14.0 Å². The summed E-state index contributed by atoms with van der Waals surface area (Å²) in [5.41, 5.74) is 0.609. The lowest BCUT2D eigenvalue weighted by Crippen LogP contribution is -2.41. The van der Waals surface area contributed by atoms with Crippen molar-refractivity contribution in [3.8, 4) is 0 Å². The van der Waals surface area contributed by atoms with Gasteiger partial charge in [-0.15, -0.1) is 0 Å². The van der Waals surface area contributed by atoms with E-state index in [0.717, 1.165) is 0 Å². The van der Waals surface area contributed by atoms with Crippen molar-refractivity contribution in [1.82, 2.24) is 29.7 Å². The van der Waals surface area contributed by atoms with Crippen molar-refractivity contribution >= 4 is 11.8 Å². The molecule has 0 saturated carbocycles. The summed E-state index contributed by atoms with van der Waals surface area (Å²) in [5, 5.41) is 2.78.